The monoisotopic (exact) mass is 306 g/mol. The summed E-state index contributed by atoms with van der Waals surface area (Å²) in [6.45, 7) is 9.30. The van der Waals surface area contributed by atoms with Gasteiger partial charge in [0, 0.05) is 0 Å². The third kappa shape index (κ3) is 2.24. The summed E-state index contributed by atoms with van der Waals surface area (Å²) in [6, 6.07) is 0. The van der Waals surface area contributed by atoms with Crippen LogP contribution in [0.25, 0.3) is 0 Å². The Kier molecular flexibility index (Phi) is 3.89. The lowest BCUT2D eigenvalue weighted by Crippen LogP contribution is -2.56. The van der Waals surface area contributed by atoms with Crippen LogP contribution >= 0.6 is 0 Å². The first kappa shape index (κ1) is 16.3. The van der Waals surface area contributed by atoms with Crippen molar-refractivity contribution in [1.29, 1.82) is 0 Å². The fraction of sp³-hybridized carbons (Fsp3) is 0.950. The maximum Gasteiger partial charge on any atom is 0.309 e. The first-order chi connectivity index (χ1) is 10.3. The maximum atomic E-state index is 12.0. The van der Waals surface area contributed by atoms with Crippen LogP contribution < -0.4 is 0 Å². The Morgan fingerprint density at radius 2 is 1.82 bits per heavy atom. The molecule has 0 aromatic heterocycles. The lowest BCUT2D eigenvalue weighted by atomic mass is 9.43. The van der Waals surface area contributed by atoms with Gasteiger partial charge >= 0.3 is 5.97 Å². The molecule has 126 valence electrons. The van der Waals surface area contributed by atoms with Crippen molar-refractivity contribution in [2.75, 3.05) is 0 Å². The van der Waals surface area contributed by atoms with Crippen molar-refractivity contribution < 1.29 is 9.90 Å². The van der Waals surface area contributed by atoms with E-state index in [0.717, 1.165) is 31.1 Å². The third-order valence-corrected chi connectivity index (χ3v) is 8.37. The van der Waals surface area contributed by atoms with Crippen molar-refractivity contribution >= 4 is 5.97 Å². The van der Waals surface area contributed by atoms with Crippen molar-refractivity contribution in [2.24, 2.45) is 34.0 Å². The van der Waals surface area contributed by atoms with Gasteiger partial charge in [0.1, 0.15) is 0 Å². The second-order valence-corrected chi connectivity index (χ2v) is 9.49. The molecule has 3 saturated carbocycles. The molecule has 3 rings (SSSR count). The molecule has 0 amide bonds. The van der Waals surface area contributed by atoms with Gasteiger partial charge in [-0.15, -0.1) is 0 Å². The van der Waals surface area contributed by atoms with Crippen LogP contribution in [0.15, 0.2) is 0 Å². The standard InChI is InChI=1S/C20H34O2/c1-5-18(2)12-9-15-14(13-18)7-8-16-19(15,3)10-6-11-20(16,4)17(21)22/h14-16H,5-13H2,1-4H3,(H,21,22). The van der Waals surface area contributed by atoms with Gasteiger partial charge in [-0.2, -0.15) is 0 Å². The average Bonchev–Trinajstić information content (AvgIpc) is 2.46. The van der Waals surface area contributed by atoms with Crippen LogP contribution in [0.5, 0.6) is 0 Å². The lowest BCUT2D eigenvalue weighted by Gasteiger charge is -2.61. The smallest absolute Gasteiger partial charge is 0.309 e. The van der Waals surface area contributed by atoms with Crippen molar-refractivity contribution in [3.05, 3.63) is 0 Å². The Morgan fingerprint density at radius 1 is 1.09 bits per heavy atom. The van der Waals surface area contributed by atoms with E-state index in [0.29, 0.717) is 11.3 Å². The maximum absolute atomic E-state index is 12.0. The molecule has 2 heteroatoms. The van der Waals surface area contributed by atoms with E-state index < -0.39 is 11.4 Å². The summed E-state index contributed by atoms with van der Waals surface area (Å²) in [5.74, 6) is 1.45. The molecule has 0 spiro atoms. The fourth-order valence-corrected chi connectivity index (χ4v) is 6.75. The molecular weight excluding hydrogens is 272 g/mol. The lowest BCUT2D eigenvalue weighted by molar-refractivity contribution is -0.174. The van der Waals surface area contributed by atoms with E-state index in [1.54, 1.807) is 0 Å². The predicted molar refractivity (Wildman–Crippen MR) is 89.7 cm³/mol. The highest BCUT2D eigenvalue weighted by Crippen LogP contribution is 2.65. The fourth-order valence-electron chi connectivity index (χ4n) is 6.75. The van der Waals surface area contributed by atoms with Gasteiger partial charge in [0.05, 0.1) is 5.41 Å². The molecule has 2 nitrogen and oxygen atoms in total. The van der Waals surface area contributed by atoms with E-state index in [4.69, 9.17) is 0 Å². The van der Waals surface area contributed by atoms with E-state index in [1.807, 2.05) is 6.92 Å². The summed E-state index contributed by atoms with van der Waals surface area (Å²) in [5.41, 5.74) is 0.321. The van der Waals surface area contributed by atoms with Gasteiger partial charge in [-0.1, -0.05) is 33.6 Å². The van der Waals surface area contributed by atoms with Crippen molar-refractivity contribution in [3.63, 3.8) is 0 Å². The van der Waals surface area contributed by atoms with Crippen LogP contribution in [0.4, 0.5) is 0 Å². The molecule has 0 aliphatic heterocycles. The molecule has 22 heavy (non-hydrogen) atoms. The molecule has 0 saturated heterocycles. The Labute approximate surface area is 136 Å². The number of carboxylic acid groups (broad SMARTS) is 1. The van der Waals surface area contributed by atoms with Crippen molar-refractivity contribution in [3.8, 4) is 0 Å². The van der Waals surface area contributed by atoms with Crippen LogP contribution in [0.1, 0.15) is 85.5 Å². The normalized spacial score (nSPS) is 51.7. The first-order valence-electron chi connectivity index (χ1n) is 9.48. The van der Waals surface area contributed by atoms with Crippen molar-refractivity contribution in [2.45, 2.75) is 85.5 Å². The van der Waals surface area contributed by atoms with Gasteiger partial charge in [0.15, 0.2) is 0 Å². The van der Waals surface area contributed by atoms with E-state index in [9.17, 15) is 9.90 Å². The molecule has 0 aromatic carbocycles. The minimum atomic E-state index is -0.545. The van der Waals surface area contributed by atoms with E-state index in [1.165, 1.54) is 38.5 Å². The van der Waals surface area contributed by atoms with Gasteiger partial charge in [-0.25, -0.2) is 0 Å². The average molecular weight is 306 g/mol. The molecule has 1 N–H and O–H groups in total. The Morgan fingerprint density at radius 3 is 2.45 bits per heavy atom. The van der Waals surface area contributed by atoms with Crippen molar-refractivity contribution in [1.82, 2.24) is 0 Å². The SMILES string of the molecule is CCC1(C)CCC2C(CCC3C(C)(C(=O)O)CCCC23C)C1. The van der Waals surface area contributed by atoms with Crippen LogP contribution in [0, 0.1) is 34.0 Å². The molecule has 3 aliphatic rings. The zero-order chi connectivity index (χ0) is 16.2. The number of hydrogen-bond acceptors (Lipinski definition) is 1. The van der Waals surface area contributed by atoms with Crippen LogP contribution in [-0.2, 0) is 4.79 Å². The predicted octanol–water partition coefficient (Wildman–Crippen LogP) is 5.51. The Hall–Kier alpha value is -0.530. The van der Waals surface area contributed by atoms with Gasteiger partial charge in [0.2, 0.25) is 0 Å². The minimum Gasteiger partial charge on any atom is -0.481 e. The molecule has 3 fully saturated rings. The Bertz CT molecular complexity index is 459. The highest BCUT2D eigenvalue weighted by atomic mass is 16.4. The zero-order valence-electron chi connectivity index (χ0n) is 15.0. The highest BCUT2D eigenvalue weighted by molar-refractivity contribution is 5.75. The molecule has 0 heterocycles. The van der Waals surface area contributed by atoms with Crippen LogP contribution in [0.2, 0.25) is 0 Å². The van der Waals surface area contributed by atoms with E-state index in [2.05, 4.69) is 20.8 Å². The number of aliphatic carboxylic acids is 1. The van der Waals surface area contributed by atoms with Gasteiger partial charge < -0.3 is 5.11 Å². The van der Waals surface area contributed by atoms with Crippen LogP contribution in [0.3, 0.4) is 0 Å². The highest BCUT2D eigenvalue weighted by Gasteiger charge is 2.59. The summed E-state index contributed by atoms with van der Waals surface area (Å²) >= 11 is 0. The van der Waals surface area contributed by atoms with E-state index >= 15 is 0 Å². The van der Waals surface area contributed by atoms with Crippen LogP contribution in [-0.4, -0.2) is 11.1 Å². The number of fused-ring (bicyclic) bond motifs is 3. The van der Waals surface area contributed by atoms with Gasteiger partial charge in [-0.05, 0) is 80.5 Å². The van der Waals surface area contributed by atoms with Gasteiger partial charge in [-0.3, -0.25) is 4.79 Å². The number of rotatable bonds is 2. The van der Waals surface area contributed by atoms with E-state index in [-0.39, 0.29) is 5.41 Å². The third-order valence-electron chi connectivity index (χ3n) is 8.37. The summed E-state index contributed by atoms with van der Waals surface area (Å²) < 4.78 is 0. The first-order valence-corrected chi connectivity index (χ1v) is 9.48. The molecule has 0 bridgehead atoms. The topological polar surface area (TPSA) is 37.3 Å². The second-order valence-electron chi connectivity index (χ2n) is 9.49. The van der Waals surface area contributed by atoms with Gasteiger partial charge in [0.25, 0.3) is 0 Å². The Balaban J connectivity index is 1.89. The summed E-state index contributed by atoms with van der Waals surface area (Å²) in [6.07, 6.45) is 11.0. The molecule has 0 radical (unpaired) electrons. The molecule has 0 aromatic rings. The summed E-state index contributed by atoms with van der Waals surface area (Å²) in [5, 5.41) is 9.87. The summed E-state index contributed by atoms with van der Waals surface area (Å²) in [7, 11) is 0. The summed E-state index contributed by atoms with van der Waals surface area (Å²) in [4.78, 5) is 12.0. The molecule has 6 atom stereocenters. The zero-order valence-corrected chi connectivity index (χ0v) is 15.0. The second kappa shape index (κ2) is 5.24. The molecular formula is C20H34O2. The number of carbonyl (C=O) groups is 1. The quantitative estimate of drug-likeness (QED) is 0.730. The number of hydrogen-bond donors (Lipinski definition) is 1. The largest absolute Gasteiger partial charge is 0.481 e. The molecule has 3 aliphatic carbocycles. The number of carboxylic acids is 1. The minimum absolute atomic E-state index is 0.267. The molecule has 6 unspecified atom stereocenters.